The predicted molar refractivity (Wildman–Crippen MR) is 78.3 cm³/mol. The average molecular weight is 344 g/mol. The first-order chi connectivity index (χ1) is 7.31. The summed E-state index contributed by atoms with van der Waals surface area (Å²) >= 11 is 3.32. The number of nitrogens with one attached hydrogen (secondary N) is 1. The maximum Gasteiger partial charge on any atom is 0.169 e. The topological polar surface area (TPSA) is 28.4 Å². The third-order valence-corrected chi connectivity index (χ3v) is 3.08. The maximum atomic E-state index is 5.57. The molecule has 0 aromatic carbocycles. The fourth-order valence-corrected chi connectivity index (χ4v) is 2.21. The predicted octanol–water partition coefficient (Wildman–Crippen LogP) is 3.02. The summed E-state index contributed by atoms with van der Waals surface area (Å²) in [6, 6.07) is 4.12. The van der Waals surface area contributed by atoms with E-state index in [1.54, 1.807) is 0 Å². The molecule has 0 amide bonds. The second kappa shape index (κ2) is 8.16. The summed E-state index contributed by atoms with van der Waals surface area (Å²) in [6.07, 6.45) is 1.94. The van der Waals surface area contributed by atoms with Crippen molar-refractivity contribution in [3.8, 4) is 0 Å². The first kappa shape index (κ1) is 17.0. The molecule has 1 N–H and O–H groups in total. The smallest absolute Gasteiger partial charge is 0.169 e. The van der Waals surface area contributed by atoms with Gasteiger partial charge in [0.1, 0.15) is 5.76 Å². The number of nitrogens with zero attached hydrogens (tertiary/aromatic N) is 1. The van der Waals surface area contributed by atoms with E-state index >= 15 is 0 Å². The first-order valence-electron chi connectivity index (χ1n) is 5.14. The molecule has 0 saturated carbocycles. The zero-order valence-corrected chi connectivity index (χ0v) is 12.6. The van der Waals surface area contributed by atoms with Crippen molar-refractivity contribution in [2.24, 2.45) is 0 Å². The highest BCUT2D eigenvalue weighted by Crippen LogP contribution is 2.26. The normalized spacial score (nSPS) is 17.7. The minimum atomic E-state index is 0. The van der Waals surface area contributed by atoms with Gasteiger partial charge in [0.2, 0.25) is 0 Å². The Hall–Kier alpha value is -0.000000000000000111. The summed E-state index contributed by atoms with van der Waals surface area (Å²) in [7, 11) is 0. The molecule has 0 aliphatic carbocycles. The van der Waals surface area contributed by atoms with Crippen molar-refractivity contribution in [1.29, 1.82) is 0 Å². The Labute approximate surface area is 123 Å². The number of furan rings is 1. The molecule has 0 unspecified atom stereocenters. The van der Waals surface area contributed by atoms with Crippen LogP contribution in [0.1, 0.15) is 11.8 Å². The van der Waals surface area contributed by atoms with Gasteiger partial charge in [-0.25, -0.2) is 0 Å². The van der Waals surface area contributed by atoms with Gasteiger partial charge >= 0.3 is 0 Å². The van der Waals surface area contributed by atoms with Crippen LogP contribution in [0.3, 0.4) is 0 Å². The molecule has 1 atom stereocenters. The largest absolute Gasteiger partial charge is 0.452 e. The van der Waals surface area contributed by atoms with Crippen LogP contribution in [0, 0.1) is 0 Å². The Morgan fingerprint density at radius 3 is 2.47 bits per heavy atom. The Morgan fingerprint density at radius 2 is 2.00 bits per heavy atom. The van der Waals surface area contributed by atoms with Gasteiger partial charge < -0.3 is 9.73 Å². The van der Waals surface area contributed by atoms with Crippen molar-refractivity contribution in [3.05, 3.63) is 35.2 Å². The number of halogens is 3. The second-order valence-corrected chi connectivity index (χ2v) is 4.39. The van der Waals surface area contributed by atoms with E-state index in [-0.39, 0.29) is 30.9 Å². The zero-order chi connectivity index (χ0) is 10.7. The lowest BCUT2D eigenvalue weighted by molar-refractivity contribution is 0.184. The highest BCUT2D eigenvalue weighted by molar-refractivity contribution is 9.10. The van der Waals surface area contributed by atoms with Crippen LogP contribution in [0.15, 0.2) is 33.9 Å². The fourth-order valence-electron chi connectivity index (χ4n) is 1.89. The number of hydrogen-bond acceptors (Lipinski definition) is 3. The SMILES string of the molecule is C=C[C@@H](c1ccc(Br)o1)N1CCNCC1.Cl.Cl. The van der Waals surface area contributed by atoms with E-state index < -0.39 is 0 Å². The van der Waals surface area contributed by atoms with Crippen molar-refractivity contribution in [2.75, 3.05) is 26.2 Å². The molecule has 98 valence electrons. The number of rotatable bonds is 3. The van der Waals surface area contributed by atoms with Gasteiger partial charge in [0.25, 0.3) is 0 Å². The molecule has 1 aliphatic rings. The van der Waals surface area contributed by atoms with Crippen LogP contribution in [-0.4, -0.2) is 31.1 Å². The van der Waals surface area contributed by atoms with E-state index in [1.807, 2.05) is 18.2 Å². The molecule has 1 aliphatic heterocycles. The quantitative estimate of drug-likeness (QED) is 0.855. The lowest BCUT2D eigenvalue weighted by atomic mass is 10.1. The van der Waals surface area contributed by atoms with E-state index in [0.717, 1.165) is 36.6 Å². The molecule has 2 heterocycles. The van der Waals surface area contributed by atoms with E-state index in [4.69, 9.17) is 4.42 Å². The second-order valence-electron chi connectivity index (χ2n) is 3.61. The van der Waals surface area contributed by atoms with Crippen molar-refractivity contribution < 1.29 is 4.42 Å². The van der Waals surface area contributed by atoms with Crippen molar-refractivity contribution in [1.82, 2.24) is 10.2 Å². The third kappa shape index (κ3) is 4.30. The lowest BCUT2D eigenvalue weighted by Gasteiger charge is -2.31. The zero-order valence-electron chi connectivity index (χ0n) is 9.39. The highest BCUT2D eigenvalue weighted by Gasteiger charge is 2.21. The molecule has 17 heavy (non-hydrogen) atoms. The van der Waals surface area contributed by atoms with E-state index in [2.05, 4.69) is 32.7 Å². The van der Waals surface area contributed by atoms with Crippen LogP contribution in [0.4, 0.5) is 0 Å². The van der Waals surface area contributed by atoms with Gasteiger partial charge in [0, 0.05) is 26.2 Å². The summed E-state index contributed by atoms with van der Waals surface area (Å²) in [6.45, 7) is 8.03. The van der Waals surface area contributed by atoms with Crippen LogP contribution >= 0.6 is 40.7 Å². The molecule has 3 nitrogen and oxygen atoms in total. The maximum absolute atomic E-state index is 5.57. The van der Waals surface area contributed by atoms with Crippen molar-refractivity contribution in [2.45, 2.75) is 6.04 Å². The Morgan fingerprint density at radius 1 is 1.35 bits per heavy atom. The molecule has 2 rings (SSSR count). The minimum absolute atomic E-state index is 0. The number of piperazine rings is 1. The molecular weight excluding hydrogens is 327 g/mol. The lowest BCUT2D eigenvalue weighted by Crippen LogP contribution is -2.44. The van der Waals surface area contributed by atoms with Crippen molar-refractivity contribution in [3.63, 3.8) is 0 Å². The van der Waals surface area contributed by atoms with E-state index in [9.17, 15) is 0 Å². The molecule has 1 fully saturated rings. The molecule has 1 saturated heterocycles. The van der Waals surface area contributed by atoms with Gasteiger partial charge in [-0.2, -0.15) is 0 Å². The standard InChI is InChI=1S/C11H15BrN2O.2ClH/c1-2-9(10-3-4-11(12)15-10)14-7-5-13-6-8-14;;/h2-4,9,13H,1,5-8H2;2*1H/t9-;;/m0../s1. The van der Waals surface area contributed by atoms with Crippen molar-refractivity contribution >= 4 is 40.7 Å². The fraction of sp³-hybridized carbons (Fsp3) is 0.455. The third-order valence-electron chi connectivity index (χ3n) is 2.65. The molecule has 1 aromatic rings. The Balaban J connectivity index is 0.00000128. The van der Waals surface area contributed by atoms with Gasteiger partial charge in [-0.15, -0.1) is 31.4 Å². The first-order valence-corrected chi connectivity index (χ1v) is 5.93. The van der Waals surface area contributed by atoms with Gasteiger partial charge in [-0.05, 0) is 28.1 Å². The summed E-state index contributed by atoms with van der Waals surface area (Å²) in [5, 5.41) is 3.33. The van der Waals surface area contributed by atoms with Gasteiger partial charge in [-0.3, -0.25) is 4.90 Å². The summed E-state index contributed by atoms with van der Waals surface area (Å²) in [5.74, 6) is 0.957. The molecular formula is C11H17BrCl2N2O. The summed E-state index contributed by atoms with van der Waals surface area (Å²) in [4.78, 5) is 2.37. The minimum Gasteiger partial charge on any atom is -0.452 e. The molecule has 6 heteroatoms. The average Bonchev–Trinajstić information content (AvgIpc) is 2.68. The van der Waals surface area contributed by atoms with Crippen LogP contribution in [-0.2, 0) is 0 Å². The Bertz CT molecular complexity index is 340. The van der Waals surface area contributed by atoms with Gasteiger partial charge in [0.05, 0.1) is 6.04 Å². The van der Waals surface area contributed by atoms with Crippen LogP contribution in [0.25, 0.3) is 0 Å². The number of hydrogen-bond donors (Lipinski definition) is 1. The summed E-state index contributed by atoms with van der Waals surface area (Å²) < 4.78 is 6.35. The molecule has 0 bridgehead atoms. The summed E-state index contributed by atoms with van der Waals surface area (Å²) in [5.41, 5.74) is 0. The Kier molecular flexibility index (Phi) is 8.16. The van der Waals surface area contributed by atoms with E-state index in [0.29, 0.717) is 0 Å². The molecule has 0 spiro atoms. The molecule has 0 radical (unpaired) electrons. The van der Waals surface area contributed by atoms with Crippen LogP contribution in [0.5, 0.6) is 0 Å². The molecule has 1 aromatic heterocycles. The van der Waals surface area contributed by atoms with Crippen LogP contribution < -0.4 is 5.32 Å². The van der Waals surface area contributed by atoms with Gasteiger partial charge in [-0.1, -0.05) is 6.08 Å². The van der Waals surface area contributed by atoms with Gasteiger partial charge in [0.15, 0.2) is 4.67 Å². The highest BCUT2D eigenvalue weighted by atomic mass is 79.9. The monoisotopic (exact) mass is 342 g/mol. The van der Waals surface area contributed by atoms with E-state index in [1.165, 1.54) is 0 Å². The van der Waals surface area contributed by atoms with Crippen LogP contribution in [0.2, 0.25) is 0 Å².